The van der Waals surface area contributed by atoms with Crippen LogP contribution in [0.1, 0.15) is 12.5 Å². The lowest BCUT2D eigenvalue weighted by Gasteiger charge is -1.94. The van der Waals surface area contributed by atoms with Gasteiger partial charge in [0.1, 0.15) is 7.05 Å². The molecule has 0 aromatic carbocycles. The summed E-state index contributed by atoms with van der Waals surface area (Å²) in [6, 6.07) is 3.88. The van der Waals surface area contributed by atoms with Crippen LogP contribution in [0, 0.1) is 0 Å². The molecule has 3 nitrogen and oxygen atoms in total. The van der Waals surface area contributed by atoms with Crippen molar-refractivity contribution in [2.24, 2.45) is 7.05 Å². The Morgan fingerprint density at radius 1 is 1.53 bits per heavy atom. The number of aromatic nitrogens is 1. The molecule has 0 N–H and O–H groups in total. The molecule has 1 aromatic rings. The highest BCUT2D eigenvalue weighted by atomic mass is 16.4. The van der Waals surface area contributed by atoms with Crippen LogP contribution in [-0.4, -0.2) is 5.97 Å². The minimum atomic E-state index is -1.17. The molecule has 0 spiro atoms. The number of pyridine rings is 1. The number of aliphatic carboxylic acids is 1. The lowest BCUT2D eigenvalue weighted by molar-refractivity contribution is -0.671. The largest absolute Gasteiger partial charge is 0.545 e. The minimum Gasteiger partial charge on any atom is -0.545 e. The second-order valence-corrected chi connectivity index (χ2v) is 3.34. The molecule has 0 amide bonds. The Hall–Kier alpha value is -1.90. The van der Waals surface area contributed by atoms with Crippen molar-refractivity contribution in [3.63, 3.8) is 0 Å². The molecule has 1 aromatic heterocycles. The molecule has 78 valence electrons. The van der Waals surface area contributed by atoms with Crippen LogP contribution in [0.3, 0.4) is 0 Å². The van der Waals surface area contributed by atoms with Gasteiger partial charge in [0.2, 0.25) is 0 Å². The topological polar surface area (TPSA) is 44.0 Å². The molecule has 0 saturated carbocycles. The summed E-state index contributed by atoms with van der Waals surface area (Å²) in [5, 5.41) is 10.2. The van der Waals surface area contributed by atoms with Crippen molar-refractivity contribution in [3.8, 4) is 0 Å². The van der Waals surface area contributed by atoms with Crippen molar-refractivity contribution >= 4 is 12.0 Å². The maximum Gasteiger partial charge on any atom is 0.175 e. The van der Waals surface area contributed by atoms with E-state index in [-0.39, 0.29) is 0 Å². The van der Waals surface area contributed by atoms with Gasteiger partial charge in [0.15, 0.2) is 12.4 Å². The van der Waals surface area contributed by atoms with Crippen molar-refractivity contribution < 1.29 is 14.5 Å². The first kappa shape index (κ1) is 11.2. The monoisotopic (exact) mass is 203 g/mol. The highest BCUT2D eigenvalue weighted by Gasteiger charge is 1.92. The number of carboxylic acids is 1. The Morgan fingerprint density at radius 2 is 2.27 bits per heavy atom. The van der Waals surface area contributed by atoms with Gasteiger partial charge in [0.25, 0.3) is 0 Å². The van der Waals surface area contributed by atoms with E-state index in [9.17, 15) is 9.90 Å². The minimum absolute atomic E-state index is 0.654. The van der Waals surface area contributed by atoms with Gasteiger partial charge < -0.3 is 9.90 Å². The van der Waals surface area contributed by atoms with Crippen LogP contribution in [0.5, 0.6) is 0 Å². The van der Waals surface area contributed by atoms with Crippen molar-refractivity contribution in [2.75, 3.05) is 0 Å². The molecular formula is C12H13NO2. The highest BCUT2D eigenvalue weighted by Crippen LogP contribution is 2.02. The van der Waals surface area contributed by atoms with E-state index in [1.807, 2.05) is 42.2 Å². The van der Waals surface area contributed by atoms with Crippen LogP contribution in [0.25, 0.3) is 6.08 Å². The zero-order valence-electron chi connectivity index (χ0n) is 8.81. The van der Waals surface area contributed by atoms with Crippen LogP contribution in [0.15, 0.2) is 42.3 Å². The lowest BCUT2D eigenvalue weighted by atomic mass is 10.2. The summed E-state index contributed by atoms with van der Waals surface area (Å²) in [5.41, 5.74) is 1.67. The third-order valence-corrected chi connectivity index (χ3v) is 1.85. The van der Waals surface area contributed by atoms with E-state index in [2.05, 4.69) is 0 Å². The number of carbonyl (C=O) groups is 1. The number of carbonyl (C=O) groups excluding carboxylic acids is 1. The summed E-state index contributed by atoms with van der Waals surface area (Å²) in [6.07, 6.45) is 8.54. The number of aryl methyl sites for hydroxylation is 1. The molecule has 0 atom stereocenters. The van der Waals surface area contributed by atoms with Crippen molar-refractivity contribution in [3.05, 3.63) is 47.8 Å². The number of rotatable bonds is 3. The Morgan fingerprint density at radius 3 is 2.87 bits per heavy atom. The van der Waals surface area contributed by atoms with E-state index in [1.165, 1.54) is 0 Å². The van der Waals surface area contributed by atoms with Crippen LogP contribution in [0.2, 0.25) is 0 Å². The fourth-order valence-corrected chi connectivity index (χ4v) is 1.17. The van der Waals surface area contributed by atoms with Gasteiger partial charge in [-0.05, 0) is 30.7 Å². The fraction of sp³-hybridized carbons (Fsp3) is 0.167. The number of nitrogens with zero attached hydrogens (tertiary/aromatic N) is 1. The predicted molar refractivity (Wildman–Crippen MR) is 55.4 cm³/mol. The van der Waals surface area contributed by atoms with Crippen LogP contribution in [-0.2, 0) is 11.8 Å². The molecule has 0 saturated heterocycles. The quantitative estimate of drug-likeness (QED) is 0.401. The molecule has 0 aliphatic carbocycles. The average Bonchev–Trinajstić information content (AvgIpc) is 2.14. The Kier molecular flexibility index (Phi) is 3.80. The lowest BCUT2D eigenvalue weighted by Crippen LogP contribution is -2.26. The highest BCUT2D eigenvalue weighted by molar-refractivity contribution is 5.79. The van der Waals surface area contributed by atoms with Gasteiger partial charge in [-0.3, -0.25) is 0 Å². The zero-order valence-corrected chi connectivity index (χ0v) is 8.81. The van der Waals surface area contributed by atoms with E-state index in [0.29, 0.717) is 5.57 Å². The van der Waals surface area contributed by atoms with E-state index >= 15 is 0 Å². The second kappa shape index (κ2) is 5.10. The molecule has 0 fully saturated rings. The zero-order chi connectivity index (χ0) is 11.3. The maximum absolute atomic E-state index is 10.2. The summed E-state index contributed by atoms with van der Waals surface area (Å²) >= 11 is 0. The van der Waals surface area contributed by atoms with Gasteiger partial charge in [-0.1, -0.05) is 6.08 Å². The fourth-order valence-electron chi connectivity index (χ4n) is 1.17. The summed E-state index contributed by atoms with van der Waals surface area (Å²) in [7, 11) is 1.93. The molecule has 3 heteroatoms. The molecule has 0 aliphatic heterocycles. The van der Waals surface area contributed by atoms with E-state index in [0.717, 1.165) is 11.6 Å². The van der Waals surface area contributed by atoms with Crippen molar-refractivity contribution in [1.29, 1.82) is 0 Å². The van der Waals surface area contributed by atoms with Crippen LogP contribution in [0.4, 0.5) is 0 Å². The van der Waals surface area contributed by atoms with Gasteiger partial charge >= 0.3 is 0 Å². The Balaban J connectivity index is 2.78. The Labute approximate surface area is 89.0 Å². The van der Waals surface area contributed by atoms with Crippen molar-refractivity contribution in [1.82, 2.24) is 0 Å². The molecule has 0 aliphatic rings. The summed E-state index contributed by atoms with van der Waals surface area (Å²) in [4.78, 5) is 10.2. The molecule has 15 heavy (non-hydrogen) atoms. The predicted octanol–water partition coefficient (Wildman–Crippen LogP) is 0.220. The number of hydrogen-bond donors (Lipinski definition) is 0. The van der Waals surface area contributed by atoms with Crippen LogP contribution < -0.4 is 9.67 Å². The maximum atomic E-state index is 10.2. The third kappa shape index (κ3) is 4.22. The molecule has 0 bridgehead atoms. The normalized spacial score (nSPS) is 12.0. The molecule has 0 radical (unpaired) electrons. The van der Waals surface area contributed by atoms with Gasteiger partial charge in [0.05, 0.1) is 5.97 Å². The summed E-state index contributed by atoms with van der Waals surface area (Å²) in [6.45, 7) is 1.72. The molecular weight excluding hydrogens is 190 g/mol. The molecule has 1 rings (SSSR count). The van der Waals surface area contributed by atoms with E-state index in [1.54, 1.807) is 13.0 Å². The number of hydrogen-bond acceptors (Lipinski definition) is 2. The summed E-state index contributed by atoms with van der Waals surface area (Å²) < 4.78 is 1.93. The first-order valence-electron chi connectivity index (χ1n) is 4.60. The van der Waals surface area contributed by atoms with Crippen LogP contribution >= 0.6 is 0 Å². The number of carboxylic acid groups (broad SMARTS) is 1. The van der Waals surface area contributed by atoms with E-state index in [4.69, 9.17) is 0 Å². The SMILES string of the molecule is CC(/C=C/c1ccc[n+](C)c1)=C\C(=O)[O-]. The average molecular weight is 203 g/mol. The summed E-state index contributed by atoms with van der Waals surface area (Å²) in [5.74, 6) is -1.17. The third-order valence-electron chi connectivity index (χ3n) is 1.85. The second-order valence-electron chi connectivity index (χ2n) is 3.34. The Bertz CT molecular complexity index is 419. The van der Waals surface area contributed by atoms with Crippen molar-refractivity contribution in [2.45, 2.75) is 6.92 Å². The van der Waals surface area contributed by atoms with Gasteiger partial charge in [-0.15, -0.1) is 0 Å². The van der Waals surface area contributed by atoms with Gasteiger partial charge in [0, 0.05) is 11.6 Å². The molecule has 0 unspecified atom stereocenters. The molecule has 1 heterocycles. The number of allylic oxidation sites excluding steroid dienone is 2. The van der Waals surface area contributed by atoms with E-state index < -0.39 is 5.97 Å². The standard InChI is InChI=1S/C12H13NO2/c1-10(8-12(14)15)5-6-11-4-3-7-13(2)9-11/h3-9H,1-2H3/b6-5+,10-8+. The van der Waals surface area contributed by atoms with Gasteiger partial charge in [-0.2, -0.15) is 0 Å². The first-order valence-corrected chi connectivity index (χ1v) is 4.60. The smallest absolute Gasteiger partial charge is 0.175 e. The first-order chi connectivity index (χ1) is 7.08. The van der Waals surface area contributed by atoms with Gasteiger partial charge in [-0.25, -0.2) is 4.57 Å².